The number of nitrogens with one attached hydrogen (secondary N) is 2. The number of urea groups is 1. The van der Waals surface area contributed by atoms with E-state index in [9.17, 15) is 4.79 Å². The van der Waals surface area contributed by atoms with Gasteiger partial charge in [-0.15, -0.1) is 0 Å². The van der Waals surface area contributed by atoms with Gasteiger partial charge in [-0.25, -0.2) is 4.79 Å². The maximum atomic E-state index is 11.8. The van der Waals surface area contributed by atoms with Gasteiger partial charge in [0.25, 0.3) is 0 Å². The molecule has 0 saturated carbocycles. The van der Waals surface area contributed by atoms with E-state index in [1.54, 1.807) is 7.11 Å². The molecule has 0 fully saturated rings. The van der Waals surface area contributed by atoms with E-state index < -0.39 is 0 Å². The molecule has 0 aliphatic rings. The zero-order valence-corrected chi connectivity index (χ0v) is 13.4. The highest BCUT2D eigenvalue weighted by atomic mass is 16.5. The second kappa shape index (κ2) is 9.15. The molecule has 114 valence electrons. The number of methoxy groups -OCH3 is 1. The van der Waals surface area contributed by atoms with Gasteiger partial charge in [0.05, 0.1) is 0 Å². The van der Waals surface area contributed by atoms with E-state index in [1.807, 2.05) is 14.1 Å². The highest BCUT2D eigenvalue weighted by Crippen LogP contribution is 2.21. The number of hydrogen-bond acceptors (Lipinski definition) is 3. The van der Waals surface area contributed by atoms with Crippen LogP contribution in [-0.2, 0) is 4.74 Å². The standard InChI is InChI=1S/C14H31N3O2/c1-14(2,3)12(8-10-17(4)5)16-13(18)15-9-7-11-19-6/h12H,7-11H2,1-6H3,(H2,15,16,18)/t12-/m1/s1. The third-order valence-corrected chi connectivity index (χ3v) is 3.03. The predicted octanol–water partition coefficient (Wildman–Crippen LogP) is 1.69. The van der Waals surface area contributed by atoms with Crippen molar-refractivity contribution in [3.8, 4) is 0 Å². The van der Waals surface area contributed by atoms with Crippen LogP contribution in [0.25, 0.3) is 0 Å². The highest BCUT2D eigenvalue weighted by molar-refractivity contribution is 5.74. The van der Waals surface area contributed by atoms with Crippen LogP contribution < -0.4 is 10.6 Å². The van der Waals surface area contributed by atoms with Gasteiger partial charge in [-0.1, -0.05) is 20.8 Å². The molecular weight excluding hydrogens is 242 g/mol. The van der Waals surface area contributed by atoms with E-state index in [4.69, 9.17) is 4.74 Å². The summed E-state index contributed by atoms with van der Waals surface area (Å²) in [6, 6.07) is 0.0760. The minimum absolute atomic E-state index is 0.0554. The van der Waals surface area contributed by atoms with E-state index in [0.717, 1.165) is 19.4 Å². The molecule has 0 radical (unpaired) electrons. The Hall–Kier alpha value is -0.810. The van der Waals surface area contributed by atoms with Gasteiger partial charge in [0, 0.05) is 26.3 Å². The molecule has 5 heteroatoms. The first kappa shape index (κ1) is 18.2. The lowest BCUT2D eigenvalue weighted by atomic mass is 9.85. The maximum absolute atomic E-state index is 11.8. The highest BCUT2D eigenvalue weighted by Gasteiger charge is 2.25. The van der Waals surface area contributed by atoms with Gasteiger partial charge in [0.15, 0.2) is 0 Å². The van der Waals surface area contributed by atoms with E-state index in [-0.39, 0.29) is 17.5 Å². The zero-order valence-electron chi connectivity index (χ0n) is 13.4. The Morgan fingerprint density at radius 2 is 1.95 bits per heavy atom. The SMILES string of the molecule is COCCCNC(=O)N[C@H](CCN(C)C)C(C)(C)C. The molecule has 1 atom stereocenters. The summed E-state index contributed by atoms with van der Waals surface area (Å²) in [5.74, 6) is 0. The number of rotatable bonds is 8. The van der Waals surface area contributed by atoms with Gasteiger partial charge in [-0.3, -0.25) is 0 Å². The minimum Gasteiger partial charge on any atom is -0.385 e. The molecule has 0 aromatic heterocycles. The van der Waals surface area contributed by atoms with Crippen LogP contribution in [0, 0.1) is 5.41 Å². The molecular formula is C14H31N3O2. The summed E-state index contributed by atoms with van der Waals surface area (Å²) < 4.78 is 4.95. The van der Waals surface area contributed by atoms with Crippen molar-refractivity contribution >= 4 is 6.03 Å². The Balaban J connectivity index is 4.13. The Labute approximate surface area is 118 Å². The number of ether oxygens (including phenoxy) is 1. The number of carbonyl (C=O) groups is 1. The van der Waals surface area contributed by atoms with E-state index in [0.29, 0.717) is 13.2 Å². The molecule has 2 amide bonds. The normalized spacial score (nSPS) is 13.4. The van der Waals surface area contributed by atoms with Crippen molar-refractivity contribution in [2.75, 3.05) is 40.9 Å². The molecule has 0 saturated heterocycles. The second-order valence-corrected chi connectivity index (χ2v) is 6.26. The summed E-state index contributed by atoms with van der Waals surface area (Å²) in [6.45, 7) is 8.73. The molecule has 0 aliphatic carbocycles. The molecule has 0 aromatic carbocycles. The lowest BCUT2D eigenvalue weighted by molar-refractivity contribution is 0.190. The van der Waals surface area contributed by atoms with Crippen molar-refractivity contribution in [1.29, 1.82) is 0 Å². The number of carbonyl (C=O) groups excluding carboxylic acids is 1. The van der Waals surface area contributed by atoms with Crippen LogP contribution in [0.3, 0.4) is 0 Å². The van der Waals surface area contributed by atoms with Gasteiger partial charge in [0.1, 0.15) is 0 Å². The van der Waals surface area contributed by atoms with Gasteiger partial charge < -0.3 is 20.3 Å². The fourth-order valence-electron chi connectivity index (χ4n) is 1.74. The van der Waals surface area contributed by atoms with Crippen molar-refractivity contribution in [2.24, 2.45) is 5.41 Å². The van der Waals surface area contributed by atoms with Crippen LogP contribution in [0.1, 0.15) is 33.6 Å². The van der Waals surface area contributed by atoms with Gasteiger partial charge >= 0.3 is 6.03 Å². The number of nitrogens with zero attached hydrogens (tertiary/aromatic N) is 1. The van der Waals surface area contributed by atoms with Crippen LogP contribution in [0.5, 0.6) is 0 Å². The number of hydrogen-bond donors (Lipinski definition) is 2. The summed E-state index contributed by atoms with van der Waals surface area (Å²) in [4.78, 5) is 14.0. The van der Waals surface area contributed by atoms with Crippen molar-refractivity contribution in [3.63, 3.8) is 0 Å². The van der Waals surface area contributed by atoms with Gasteiger partial charge in [0.2, 0.25) is 0 Å². The minimum atomic E-state index is -0.0882. The predicted molar refractivity (Wildman–Crippen MR) is 79.4 cm³/mol. The fraction of sp³-hybridized carbons (Fsp3) is 0.929. The van der Waals surface area contributed by atoms with Crippen molar-refractivity contribution in [3.05, 3.63) is 0 Å². The molecule has 0 aliphatic heterocycles. The average Bonchev–Trinajstić information content (AvgIpc) is 2.28. The quantitative estimate of drug-likeness (QED) is 0.662. The molecule has 0 unspecified atom stereocenters. The molecule has 0 aromatic rings. The average molecular weight is 273 g/mol. The summed E-state index contributed by atoms with van der Waals surface area (Å²) in [5, 5.41) is 5.94. The summed E-state index contributed by atoms with van der Waals surface area (Å²) >= 11 is 0. The number of amides is 2. The second-order valence-electron chi connectivity index (χ2n) is 6.26. The Morgan fingerprint density at radius 3 is 2.42 bits per heavy atom. The monoisotopic (exact) mass is 273 g/mol. The summed E-state index contributed by atoms with van der Waals surface area (Å²) in [6.07, 6.45) is 1.78. The lowest BCUT2D eigenvalue weighted by Crippen LogP contribution is -2.49. The molecule has 0 bridgehead atoms. The lowest BCUT2D eigenvalue weighted by Gasteiger charge is -2.32. The molecule has 0 heterocycles. The topological polar surface area (TPSA) is 53.6 Å². The van der Waals surface area contributed by atoms with Crippen LogP contribution in [0.4, 0.5) is 4.79 Å². The van der Waals surface area contributed by atoms with Crippen LogP contribution in [0.2, 0.25) is 0 Å². The zero-order chi connectivity index (χ0) is 14.9. The third-order valence-electron chi connectivity index (χ3n) is 3.03. The summed E-state index contributed by atoms with van der Waals surface area (Å²) in [7, 11) is 5.76. The molecule has 2 N–H and O–H groups in total. The first-order chi connectivity index (χ1) is 8.77. The van der Waals surface area contributed by atoms with E-state index in [2.05, 4.69) is 36.3 Å². The fourth-order valence-corrected chi connectivity index (χ4v) is 1.74. The van der Waals surface area contributed by atoms with E-state index >= 15 is 0 Å². The smallest absolute Gasteiger partial charge is 0.315 e. The van der Waals surface area contributed by atoms with Crippen LogP contribution >= 0.6 is 0 Å². The van der Waals surface area contributed by atoms with E-state index in [1.165, 1.54) is 0 Å². The van der Waals surface area contributed by atoms with Crippen molar-refractivity contribution in [1.82, 2.24) is 15.5 Å². The molecule has 0 rings (SSSR count). The maximum Gasteiger partial charge on any atom is 0.315 e. The first-order valence-corrected chi connectivity index (χ1v) is 6.95. The largest absolute Gasteiger partial charge is 0.385 e. The van der Waals surface area contributed by atoms with Crippen molar-refractivity contribution in [2.45, 2.75) is 39.7 Å². The summed E-state index contributed by atoms with van der Waals surface area (Å²) in [5.41, 5.74) is 0.0554. The van der Waals surface area contributed by atoms with Crippen LogP contribution in [0.15, 0.2) is 0 Å². The Bertz CT molecular complexity index is 250. The van der Waals surface area contributed by atoms with Crippen LogP contribution in [-0.4, -0.2) is 57.9 Å². The Morgan fingerprint density at radius 1 is 1.32 bits per heavy atom. The van der Waals surface area contributed by atoms with Gasteiger partial charge in [-0.2, -0.15) is 0 Å². The van der Waals surface area contributed by atoms with Crippen molar-refractivity contribution < 1.29 is 9.53 Å². The first-order valence-electron chi connectivity index (χ1n) is 6.95. The molecule has 19 heavy (non-hydrogen) atoms. The Kier molecular flexibility index (Phi) is 8.76. The third kappa shape index (κ3) is 9.73. The van der Waals surface area contributed by atoms with Gasteiger partial charge in [-0.05, 0) is 38.9 Å². The molecule has 5 nitrogen and oxygen atoms in total. The molecule has 0 spiro atoms.